The van der Waals surface area contributed by atoms with Gasteiger partial charge in [-0.25, -0.2) is 0 Å². The Kier molecular flexibility index (Phi) is 9.51. The number of hydrogen-bond acceptors (Lipinski definition) is 5. The van der Waals surface area contributed by atoms with Crippen molar-refractivity contribution in [1.82, 2.24) is 19.7 Å². The monoisotopic (exact) mass is 465 g/mol. The fraction of sp³-hybridized carbons (Fsp3) is 0.423. The second-order valence-electron chi connectivity index (χ2n) is 8.44. The van der Waals surface area contributed by atoms with Crippen molar-refractivity contribution >= 4 is 23.4 Å². The second kappa shape index (κ2) is 12.6. The van der Waals surface area contributed by atoms with Gasteiger partial charge >= 0.3 is 0 Å². The van der Waals surface area contributed by atoms with Gasteiger partial charge in [0.15, 0.2) is 11.0 Å². The van der Waals surface area contributed by atoms with Crippen LogP contribution in [0.2, 0.25) is 0 Å². The summed E-state index contributed by atoms with van der Waals surface area (Å²) >= 11 is 1.43. The molecule has 0 saturated carbocycles. The zero-order valence-corrected chi connectivity index (χ0v) is 20.9. The van der Waals surface area contributed by atoms with E-state index < -0.39 is 0 Å². The van der Waals surface area contributed by atoms with E-state index >= 15 is 0 Å². The molecule has 33 heavy (non-hydrogen) atoms. The molecule has 3 rings (SSSR count). The maximum Gasteiger partial charge on any atom is 0.234 e. The Hall–Kier alpha value is -2.64. The van der Waals surface area contributed by atoms with Crippen LogP contribution in [0.15, 0.2) is 59.8 Å². The number of benzene rings is 2. The molecule has 1 heterocycles. The minimum absolute atomic E-state index is 0.0447. The minimum atomic E-state index is -0.0447. The van der Waals surface area contributed by atoms with E-state index in [4.69, 9.17) is 0 Å². The summed E-state index contributed by atoms with van der Waals surface area (Å²) < 4.78 is 2.14. The van der Waals surface area contributed by atoms with Crippen molar-refractivity contribution in [2.24, 2.45) is 0 Å². The number of amides is 1. The molecule has 0 spiro atoms. The first-order valence-corrected chi connectivity index (χ1v) is 12.6. The Morgan fingerprint density at radius 3 is 2.39 bits per heavy atom. The number of anilines is 1. The Labute approximate surface area is 201 Å². The predicted octanol–water partition coefficient (Wildman–Crippen LogP) is 5.41. The van der Waals surface area contributed by atoms with Gasteiger partial charge in [-0.2, -0.15) is 0 Å². The lowest BCUT2D eigenvalue weighted by atomic mass is 10.1. The van der Waals surface area contributed by atoms with Crippen LogP contribution in [0.5, 0.6) is 0 Å². The zero-order chi connectivity index (χ0) is 23.6. The van der Waals surface area contributed by atoms with Crippen LogP contribution in [-0.4, -0.2) is 45.4 Å². The molecule has 0 bridgehead atoms. The predicted molar refractivity (Wildman–Crippen MR) is 137 cm³/mol. The van der Waals surface area contributed by atoms with Gasteiger partial charge in [0, 0.05) is 5.69 Å². The van der Waals surface area contributed by atoms with Crippen molar-refractivity contribution in [1.29, 1.82) is 0 Å². The molecule has 0 saturated heterocycles. The van der Waals surface area contributed by atoms with Crippen LogP contribution >= 0.6 is 11.8 Å². The summed E-state index contributed by atoms with van der Waals surface area (Å²) in [5.74, 6) is 1.16. The normalized spacial score (nSPS) is 12.2. The number of aromatic nitrogens is 3. The summed E-state index contributed by atoms with van der Waals surface area (Å²) in [5, 5.41) is 12.7. The zero-order valence-electron chi connectivity index (χ0n) is 20.1. The number of aryl methyl sites for hydroxylation is 1. The first kappa shape index (κ1) is 25.0. The van der Waals surface area contributed by atoms with E-state index in [-0.39, 0.29) is 17.7 Å². The number of hydrogen-bond donors (Lipinski definition) is 1. The van der Waals surface area contributed by atoms with Gasteiger partial charge in [0.2, 0.25) is 5.91 Å². The van der Waals surface area contributed by atoms with Crippen LogP contribution in [0.1, 0.15) is 56.1 Å². The first-order valence-electron chi connectivity index (χ1n) is 11.7. The molecule has 0 fully saturated rings. The maximum atomic E-state index is 12.6. The third kappa shape index (κ3) is 7.17. The summed E-state index contributed by atoms with van der Waals surface area (Å²) in [6.45, 7) is 5.02. The molecule has 1 atom stereocenters. The highest BCUT2D eigenvalue weighted by Gasteiger charge is 2.22. The smallest absolute Gasteiger partial charge is 0.234 e. The van der Waals surface area contributed by atoms with Gasteiger partial charge in [0.25, 0.3) is 0 Å². The van der Waals surface area contributed by atoms with E-state index in [1.165, 1.54) is 35.7 Å². The highest BCUT2D eigenvalue weighted by Crippen LogP contribution is 2.26. The third-order valence-electron chi connectivity index (χ3n) is 5.63. The van der Waals surface area contributed by atoms with Crippen LogP contribution in [0.25, 0.3) is 0 Å². The van der Waals surface area contributed by atoms with Crippen molar-refractivity contribution in [3.63, 3.8) is 0 Å². The SMILES string of the molecule is CCCCc1ccc(NC(=O)CSc2nnc([C@H](CC)N(C)C)n2Cc2ccccc2)cc1. The Morgan fingerprint density at radius 1 is 1.03 bits per heavy atom. The van der Waals surface area contributed by atoms with E-state index in [1.54, 1.807) is 0 Å². The molecule has 0 aliphatic heterocycles. The van der Waals surface area contributed by atoms with Crippen molar-refractivity contribution in [2.45, 2.75) is 57.3 Å². The molecule has 0 radical (unpaired) electrons. The average Bonchev–Trinajstić information content (AvgIpc) is 3.20. The van der Waals surface area contributed by atoms with Gasteiger partial charge in [-0.1, -0.05) is 74.5 Å². The molecule has 1 amide bonds. The van der Waals surface area contributed by atoms with Crippen molar-refractivity contribution in [3.8, 4) is 0 Å². The van der Waals surface area contributed by atoms with Crippen molar-refractivity contribution in [2.75, 3.05) is 25.2 Å². The van der Waals surface area contributed by atoms with E-state index in [0.29, 0.717) is 6.54 Å². The van der Waals surface area contributed by atoms with Gasteiger partial charge in [0.1, 0.15) is 0 Å². The molecule has 176 valence electrons. The summed E-state index contributed by atoms with van der Waals surface area (Å²) in [6, 6.07) is 18.6. The molecular weight excluding hydrogens is 430 g/mol. The van der Waals surface area contributed by atoms with Crippen molar-refractivity contribution in [3.05, 3.63) is 71.5 Å². The maximum absolute atomic E-state index is 12.6. The van der Waals surface area contributed by atoms with Crippen LogP contribution < -0.4 is 5.32 Å². The third-order valence-corrected chi connectivity index (χ3v) is 6.59. The Balaban J connectivity index is 1.69. The molecule has 6 nitrogen and oxygen atoms in total. The largest absolute Gasteiger partial charge is 0.325 e. The minimum Gasteiger partial charge on any atom is -0.325 e. The molecular formula is C26H35N5OS. The summed E-state index contributed by atoms with van der Waals surface area (Å²) in [6.07, 6.45) is 4.37. The van der Waals surface area contributed by atoms with Crippen LogP contribution in [-0.2, 0) is 17.8 Å². The molecule has 0 aliphatic rings. The fourth-order valence-corrected chi connectivity index (χ4v) is 4.55. The summed E-state index contributed by atoms with van der Waals surface area (Å²) in [5.41, 5.74) is 3.31. The van der Waals surface area contributed by atoms with Crippen LogP contribution in [0.3, 0.4) is 0 Å². The number of carbonyl (C=O) groups excluding carboxylic acids is 1. The topological polar surface area (TPSA) is 63.1 Å². The lowest BCUT2D eigenvalue weighted by Crippen LogP contribution is -2.23. The van der Waals surface area contributed by atoms with E-state index in [2.05, 4.69) is 77.2 Å². The second-order valence-corrected chi connectivity index (χ2v) is 9.38. The summed E-state index contributed by atoms with van der Waals surface area (Å²) in [4.78, 5) is 14.8. The van der Waals surface area contributed by atoms with Gasteiger partial charge in [0.05, 0.1) is 18.3 Å². The van der Waals surface area contributed by atoms with E-state index in [1.807, 2.05) is 30.3 Å². The highest BCUT2D eigenvalue weighted by molar-refractivity contribution is 7.99. The van der Waals surface area contributed by atoms with Gasteiger partial charge in [-0.05, 0) is 56.6 Å². The van der Waals surface area contributed by atoms with Crippen molar-refractivity contribution < 1.29 is 4.79 Å². The standard InChI is InChI=1S/C26H35N5OS/c1-5-7-11-20-14-16-22(17-15-20)27-24(32)19-33-26-29-28-25(23(6-2)30(3)4)31(26)18-21-12-9-8-10-13-21/h8-10,12-17,23H,5-7,11,18-19H2,1-4H3,(H,27,32)/t23-/m0/s1. The first-order chi connectivity index (χ1) is 16.0. The number of carbonyl (C=O) groups is 1. The number of nitrogens with zero attached hydrogens (tertiary/aromatic N) is 4. The lowest BCUT2D eigenvalue weighted by Gasteiger charge is -2.23. The number of nitrogens with one attached hydrogen (secondary N) is 1. The fourth-order valence-electron chi connectivity index (χ4n) is 3.81. The highest BCUT2D eigenvalue weighted by atomic mass is 32.2. The van der Waals surface area contributed by atoms with E-state index in [0.717, 1.165) is 29.5 Å². The quantitative estimate of drug-likeness (QED) is 0.362. The van der Waals surface area contributed by atoms with Crippen LogP contribution in [0, 0.1) is 0 Å². The number of thioether (sulfide) groups is 1. The Morgan fingerprint density at radius 2 is 1.76 bits per heavy atom. The van der Waals surface area contributed by atoms with Crippen LogP contribution in [0.4, 0.5) is 5.69 Å². The van der Waals surface area contributed by atoms with E-state index in [9.17, 15) is 4.79 Å². The molecule has 2 aromatic carbocycles. The molecule has 1 aromatic heterocycles. The van der Waals surface area contributed by atoms with Gasteiger partial charge < -0.3 is 9.88 Å². The summed E-state index contributed by atoms with van der Waals surface area (Å²) in [7, 11) is 4.12. The average molecular weight is 466 g/mol. The number of unbranched alkanes of at least 4 members (excludes halogenated alkanes) is 1. The molecule has 7 heteroatoms. The molecule has 0 aliphatic carbocycles. The molecule has 0 unspecified atom stereocenters. The van der Waals surface area contributed by atoms with Gasteiger partial charge in [-0.3, -0.25) is 9.69 Å². The lowest BCUT2D eigenvalue weighted by molar-refractivity contribution is -0.113. The molecule has 1 N–H and O–H groups in total. The van der Waals surface area contributed by atoms with Gasteiger partial charge in [-0.15, -0.1) is 10.2 Å². The number of rotatable bonds is 12. The molecule has 3 aromatic rings. The Bertz CT molecular complexity index is 1000.